The number of likely N-dealkylation sites (tertiary alicyclic amines) is 1. The minimum Gasteiger partial charge on any atom is -0.324 e. The van der Waals surface area contributed by atoms with Crippen LogP contribution in [-0.2, 0) is 14.4 Å². The molecule has 1 aliphatic carbocycles. The molecule has 0 radical (unpaired) electrons. The average molecular weight is 330 g/mol. The highest BCUT2D eigenvalue weighted by Crippen LogP contribution is 2.35. The third-order valence-electron chi connectivity index (χ3n) is 4.53. The van der Waals surface area contributed by atoms with Gasteiger partial charge in [-0.15, -0.1) is 0 Å². The Labute approximate surface area is 139 Å². The summed E-state index contributed by atoms with van der Waals surface area (Å²) in [5.74, 6) is -1.58. The standard InChI is InChI=1S/C18H19FN2O3/c19-14-8-3-4-9-15(14)20-16(22)10-5-11-21-17(23)12-6-1-2-7-13(12)18(21)24/h1-4,8-9,12-13H,5-7,10-11H2,(H,20,22)/t12-,13-/m1/s1. The molecule has 3 rings (SSSR count). The molecule has 0 spiro atoms. The Morgan fingerprint density at radius 3 is 2.38 bits per heavy atom. The van der Waals surface area contributed by atoms with Crippen LogP contribution in [-0.4, -0.2) is 29.2 Å². The lowest BCUT2D eigenvalue weighted by molar-refractivity contribution is -0.140. The van der Waals surface area contributed by atoms with Crippen molar-refractivity contribution in [3.8, 4) is 0 Å². The van der Waals surface area contributed by atoms with Crippen molar-refractivity contribution in [2.75, 3.05) is 11.9 Å². The summed E-state index contributed by atoms with van der Waals surface area (Å²) in [4.78, 5) is 37.7. The van der Waals surface area contributed by atoms with E-state index >= 15 is 0 Å². The van der Waals surface area contributed by atoms with Crippen LogP contribution in [0.5, 0.6) is 0 Å². The monoisotopic (exact) mass is 330 g/mol. The summed E-state index contributed by atoms with van der Waals surface area (Å²) in [5.41, 5.74) is 0.132. The predicted octanol–water partition coefficient (Wildman–Crippen LogP) is 2.50. The van der Waals surface area contributed by atoms with Gasteiger partial charge in [0, 0.05) is 13.0 Å². The van der Waals surface area contributed by atoms with Gasteiger partial charge in [0.25, 0.3) is 0 Å². The molecule has 2 aliphatic rings. The van der Waals surface area contributed by atoms with Crippen LogP contribution in [0.4, 0.5) is 10.1 Å². The van der Waals surface area contributed by atoms with E-state index in [1.54, 1.807) is 12.1 Å². The second-order valence-electron chi connectivity index (χ2n) is 6.12. The van der Waals surface area contributed by atoms with Gasteiger partial charge >= 0.3 is 0 Å². The van der Waals surface area contributed by atoms with Gasteiger partial charge < -0.3 is 5.32 Å². The van der Waals surface area contributed by atoms with Crippen LogP contribution in [0.1, 0.15) is 25.7 Å². The second-order valence-corrected chi connectivity index (χ2v) is 6.12. The van der Waals surface area contributed by atoms with Crippen molar-refractivity contribution in [2.24, 2.45) is 11.8 Å². The molecule has 2 atom stereocenters. The van der Waals surface area contributed by atoms with Gasteiger partial charge in [0.05, 0.1) is 17.5 Å². The van der Waals surface area contributed by atoms with Crippen molar-refractivity contribution in [1.29, 1.82) is 0 Å². The zero-order valence-electron chi connectivity index (χ0n) is 13.2. The number of imide groups is 1. The molecule has 0 saturated carbocycles. The number of anilines is 1. The number of halogens is 1. The van der Waals surface area contributed by atoms with Crippen LogP contribution in [0.3, 0.4) is 0 Å². The van der Waals surface area contributed by atoms with Crippen molar-refractivity contribution >= 4 is 23.4 Å². The molecule has 6 heteroatoms. The van der Waals surface area contributed by atoms with Gasteiger partial charge in [-0.1, -0.05) is 24.3 Å². The van der Waals surface area contributed by atoms with Crippen molar-refractivity contribution < 1.29 is 18.8 Å². The van der Waals surface area contributed by atoms with E-state index < -0.39 is 5.82 Å². The number of rotatable bonds is 5. The number of para-hydroxylation sites is 1. The molecule has 1 fully saturated rings. The number of benzene rings is 1. The fourth-order valence-electron chi connectivity index (χ4n) is 3.26. The highest BCUT2D eigenvalue weighted by atomic mass is 19.1. The third kappa shape index (κ3) is 3.22. The van der Waals surface area contributed by atoms with Crippen LogP contribution < -0.4 is 5.32 Å². The lowest BCUT2D eigenvalue weighted by Crippen LogP contribution is -2.32. The number of hydrogen-bond donors (Lipinski definition) is 1. The zero-order valence-corrected chi connectivity index (χ0v) is 13.2. The fourth-order valence-corrected chi connectivity index (χ4v) is 3.26. The summed E-state index contributed by atoms with van der Waals surface area (Å²) in [6.45, 7) is 0.232. The molecule has 1 N–H and O–H groups in total. The van der Waals surface area contributed by atoms with E-state index in [2.05, 4.69) is 5.32 Å². The lowest BCUT2D eigenvalue weighted by atomic mass is 9.85. The van der Waals surface area contributed by atoms with Crippen LogP contribution >= 0.6 is 0 Å². The van der Waals surface area contributed by atoms with Gasteiger partial charge in [0.1, 0.15) is 5.82 Å². The van der Waals surface area contributed by atoms with E-state index in [9.17, 15) is 18.8 Å². The lowest BCUT2D eigenvalue weighted by Gasteiger charge is -2.14. The summed E-state index contributed by atoms with van der Waals surface area (Å²) in [6, 6.07) is 5.94. The molecule has 0 aromatic heterocycles. The maximum Gasteiger partial charge on any atom is 0.233 e. The normalized spacial score (nSPS) is 22.6. The Morgan fingerprint density at radius 2 is 1.75 bits per heavy atom. The van der Waals surface area contributed by atoms with Crippen LogP contribution in [0.15, 0.2) is 36.4 Å². The number of amides is 3. The van der Waals surface area contributed by atoms with Crippen molar-refractivity contribution in [3.63, 3.8) is 0 Å². The molecular formula is C18H19FN2O3. The van der Waals surface area contributed by atoms with Gasteiger partial charge in [-0.25, -0.2) is 4.39 Å². The molecule has 5 nitrogen and oxygen atoms in total. The van der Waals surface area contributed by atoms with E-state index in [-0.39, 0.29) is 48.2 Å². The molecule has 1 aromatic rings. The van der Waals surface area contributed by atoms with Crippen LogP contribution in [0.2, 0.25) is 0 Å². The summed E-state index contributed by atoms with van der Waals surface area (Å²) in [6.07, 6.45) is 5.60. The smallest absolute Gasteiger partial charge is 0.233 e. The number of allylic oxidation sites excluding steroid dienone is 2. The quantitative estimate of drug-likeness (QED) is 0.666. The summed E-state index contributed by atoms with van der Waals surface area (Å²) < 4.78 is 13.5. The topological polar surface area (TPSA) is 66.5 Å². The molecule has 1 aromatic carbocycles. The fraction of sp³-hybridized carbons (Fsp3) is 0.389. The van der Waals surface area contributed by atoms with E-state index in [0.29, 0.717) is 19.3 Å². The van der Waals surface area contributed by atoms with Gasteiger partial charge in [-0.05, 0) is 31.4 Å². The van der Waals surface area contributed by atoms with Gasteiger partial charge in [-0.2, -0.15) is 0 Å². The van der Waals surface area contributed by atoms with Gasteiger partial charge in [0.2, 0.25) is 17.7 Å². The number of hydrogen-bond acceptors (Lipinski definition) is 3. The van der Waals surface area contributed by atoms with E-state index in [1.165, 1.54) is 17.0 Å². The number of carbonyl (C=O) groups is 3. The molecule has 0 bridgehead atoms. The molecule has 3 amide bonds. The average Bonchev–Trinajstić information content (AvgIpc) is 2.82. The Morgan fingerprint density at radius 1 is 1.12 bits per heavy atom. The predicted molar refractivity (Wildman–Crippen MR) is 86.3 cm³/mol. The molecule has 1 saturated heterocycles. The first-order valence-electron chi connectivity index (χ1n) is 8.12. The van der Waals surface area contributed by atoms with Crippen molar-refractivity contribution in [1.82, 2.24) is 4.90 Å². The maximum absolute atomic E-state index is 13.5. The summed E-state index contributed by atoms with van der Waals surface area (Å²) >= 11 is 0. The van der Waals surface area contributed by atoms with Crippen LogP contribution in [0.25, 0.3) is 0 Å². The van der Waals surface area contributed by atoms with Crippen molar-refractivity contribution in [2.45, 2.75) is 25.7 Å². The zero-order chi connectivity index (χ0) is 17.1. The highest BCUT2D eigenvalue weighted by Gasteiger charge is 2.46. The number of fused-ring (bicyclic) bond motifs is 1. The molecule has 0 unspecified atom stereocenters. The Bertz CT molecular complexity index is 675. The highest BCUT2D eigenvalue weighted by molar-refractivity contribution is 6.05. The first kappa shape index (κ1) is 16.4. The third-order valence-corrected chi connectivity index (χ3v) is 4.53. The maximum atomic E-state index is 13.5. The molecule has 24 heavy (non-hydrogen) atoms. The summed E-state index contributed by atoms with van der Waals surface area (Å²) in [7, 11) is 0. The second kappa shape index (κ2) is 6.95. The SMILES string of the molecule is O=C(CCCN1C(=O)[C@@H]2CC=CC[C@H]2C1=O)Nc1ccccc1F. The molecule has 1 heterocycles. The van der Waals surface area contributed by atoms with Gasteiger partial charge in [0.15, 0.2) is 0 Å². The molecule has 126 valence electrons. The van der Waals surface area contributed by atoms with Gasteiger partial charge in [-0.3, -0.25) is 19.3 Å². The molecular weight excluding hydrogens is 311 g/mol. The number of nitrogens with zero attached hydrogens (tertiary/aromatic N) is 1. The first-order valence-corrected chi connectivity index (χ1v) is 8.12. The minimum absolute atomic E-state index is 0.124. The van der Waals surface area contributed by atoms with E-state index in [0.717, 1.165) is 0 Å². The summed E-state index contributed by atoms with van der Waals surface area (Å²) in [5, 5.41) is 2.50. The molecule has 1 aliphatic heterocycles. The number of nitrogens with one attached hydrogen (secondary N) is 1. The van der Waals surface area contributed by atoms with E-state index in [1.807, 2.05) is 12.2 Å². The van der Waals surface area contributed by atoms with E-state index in [4.69, 9.17) is 0 Å². The Kier molecular flexibility index (Phi) is 4.74. The Hall–Kier alpha value is -2.50. The van der Waals surface area contributed by atoms with Crippen molar-refractivity contribution in [3.05, 3.63) is 42.2 Å². The number of carbonyl (C=O) groups excluding carboxylic acids is 3. The minimum atomic E-state index is -0.493. The first-order chi connectivity index (χ1) is 11.6. The largest absolute Gasteiger partial charge is 0.324 e. The Balaban J connectivity index is 1.50. The van der Waals surface area contributed by atoms with Crippen LogP contribution in [0, 0.1) is 17.7 Å².